The summed E-state index contributed by atoms with van der Waals surface area (Å²) in [5, 5.41) is 3.47. The highest BCUT2D eigenvalue weighted by Crippen LogP contribution is 2.39. The second kappa shape index (κ2) is 2.54. The Morgan fingerprint density at radius 2 is 1.80 bits per heavy atom. The molecule has 0 bridgehead atoms. The number of nitrogens with one attached hydrogen (secondary N) is 1. The minimum atomic E-state index is 1.05. The summed E-state index contributed by atoms with van der Waals surface area (Å²) in [6, 6.07) is 0. The maximum absolute atomic E-state index is 3.47. The molecule has 1 nitrogen and oxygen atoms in total. The van der Waals surface area contributed by atoms with E-state index in [9.17, 15) is 0 Å². The lowest BCUT2D eigenvalue weighted by Crippen LogP contribution is -2.11. The topological polar surface area (TPSA) is 12.0 Å². The Hall–Kier alpha value is -0.0400. The number of hydrogen-bond donors (Lipinski definition) is 1. The van der Waals surface area contributed by atoms with E-state index in [0.29, 0.717) is 0 Å². The third kappa shape index (κ3) is 0.968. The Morgan fingerprint density at radius 1 is 1.20 bits per heavy atom. The van der Waals surface area contributed by atoms with E-state index in [0.717, 1.165) is 17.8 Å². The van der Waals surface area contributed by atoms with Gasteiger partial charge in [-0.3, -0.25) is 0 Å². The van der Waals surface area contributed by atoms with Crippen LogP contribution in [0.5, 0.6) is 0 Å². The van der Waals surface area contributed by atoms with Crippen LogP contribution in [0.3, 0.4) is 0 Å². The Morgan fingerprint density at radius 3 is 2.30 bits per heavy atom. The van der Waals surface area contributed by atoms with Crippen molar-refractivity contribution in [2.45, 2.75) is 26.2 Å². The lowest BCUT2D eigenvalue weighted by Gasteiger charge is -2.05. The molecule has 0 aromatic carbocycles. The quantitative estimate of drug-likeness (QED) is 0.582. The van der Waals surface area contributed by atoms with Crippen molar-refractivity contribution in [2.24, 2.45) is 17.8 Å². The van der Waals surface area contributed by atoms with Crippen molar-refractivity contribution in [1.29, 1.82) is 0 Å². The zero-order valence-electron chi connectivity index (χ0n) is 6.77. The molecule has 1 aliphatic heterocycles. The monoisotopic (exact) mass is 139 g/mol. The van der Waals surface area contributed by atoms with Crippen molar-refractivity contribution in [3.63, 3.8) is 0 Å². The number of hydrogen-bond acceptors (Lipinski definition) is 1. The van der Waals surface area contributed by atoms with Crippen LogP contribution < -0.4 is 5.32 Å². The largest absolute Gasteiger partial charge is 0.316 e. The average molecular weight is 139 g/mol. The molecule has 0 amide bonds. The summed E-state index contributed by atoms with van der Waals surface area (Å²) >= 11 is 0. The van der Waals surface area contributed by atoms with Crippen molar-refractivity contribution in [3.05, 3.63) is 0 Å². The van der Waals surface area contributed by atoms with E-state index >= 15 is 0 Å². The molecule has 1 N–H and O–H groups in total. The van der Waals surface area contributed by atoms with E-state index in [-0.39, 0.29) is 0 Å². The molecule has 2 fully saturated rings. The van der Waals surface area contributed by atoms with Gasteiger partial charge < -0.3 is 5.32 Å². The minimum absolute atomic E-state index is 1.05. The summed E-state index contributed by atoms with van der Waals surface area (Å²) in [6.45, 7) is 4.95. The highest BCUT2D eigenvalue weighted by molar-refractivity contribution is 4.89. The molecule has 0 aromatic rings. The van der Waals surface area contributed by atoms with Crippen molar-refractivity contribution >= 4 is 0 Å². The first-order chi connectivity index (χ1) is 4.90. The van der Waals surface area contributed by atoms with E-state index in [4.69, 9.17) is 0 Å². The maximum Gasteiger partial charge on any atom is -0.00172 e. The first-order valence-corrected chi connectivity index (χ1v) is 4.61. The first kappa shape index (κ1) is 6.66. The van der Waals surface area contributed by atoms with Crippen molar-refractivity contribution in [1.82, 2.24) is 5.32 Å². The zero-order valence-corrected chi connectivity index (χ0v) is 6.77. The average Bonchev–Trinajstić information content (AvgIpc) is 2.42. The molecular weight excluding hydrogens is 122 g/mol. The van der Waals surface area contributed by atoms with E-state index in [1.807, 2.05) is 0 Å². The molecular formula is C9H17N. The maximum atomic E-state index is 3.47. The van der Waals surface area contributed by atoms with E-state index in [1.54, 1.807) is 0 Å². The lowest BCUT2D eigenvalue weighted by atomic mass is 10.0. The molecule has 1 saturated carbocycles. The Kier molecular flexibility index (Phi) is 1.69. The lowest BCUT2D eigenvalue weighted by molar-refractivity contribution is 0.479. The number of rotatable bonds is 1. The van der Waals surface area contributed by atoms with Crippen LogP contribution in [0.25, 0.3) is 0 Å². The summed E-state index contributed by atoms with van der Waals surface area (Å²) in [4.78, 5) is 0. The van der Waals surface area contributed by atoms with Gasteiger partial charge in [0.2, 0.25) is 0 Å². The van der Waals surface area contributed by atoms with Gasteiger partial charge >= 0.3 is 0 Å². The predicted octanol–water partition coefficient (Wildman–Crippen LogP) is 1.64. The molecule has 3 atom stereocenters. The van der Waals surface area contributed by atoms with Gasteiger partial charge in [-0.25, -0.2) is 0 Å². The van der Waals surface area contributed by atoms with Crippen LogP contribution in [0, 0.1) is 17.8 Å². The standard InChI is InChI=1S/C9H17N/c1-2-7-3-8-5-10-6-9(8)4-7/h7-10H,2-6H2,1H3/t7?,8-,9+. The Bertz CT molecular complexity index is 110. The van der Waals surface area contributed by atoms with Crippen LogP contribution in [0.15, 0.2) is 0 Å². The third-order valence-electron chi connectivity index (χ3n) is 3.33. The van der Waals surface area contributed by atoms with Crippen molar-refractivity contribution in [2.75, 3.05) is 13.1 Å². The van der Waals surface area contributed by atoms with Crippen LogP contribution in [0.4, 0.5) is 0 Å². The molecule has 0 spiro atoms. The molecule has 0 aromatic heterocycles. The first-order valence-electron chi connectivity index (χ1n) is 4.61. The summed E-state index contributed by atoms with van der Waals surface area (Å²) < 4.78 is 0. The molecule has 2 aliphatic rings. The van der Waals surface area contributed by atoms with Gasteiger partial charge in [-0.2, -0.15) is 0 Å². The van der Waals surface area contributed by atoms with Gasteiger partial charge in [-0.1, -0.05) is 13.3 Å². The fraction of sp³-hybridized carbons (Fsp3) is 1.00. The normalized spacial score (nSPS) is 45.9. The van der Waals surface area contributed by atoms with Gasteiger partial charge in [0.1, 0.15) is 0 Å². The molecule has 1 heterocycles. The summed E-state index contributed by atoms with van der Waals surface area (Å²) in [6.07, 6.45) is 4.43. The smallest absolute Gasteiger partial charge is 0.00172 e. The van der Waals surface area contributed by atoms with Gasteiger partial charge in [-0.15, -0.1) is 0 Å². The van der Waals surface area contributed by atoms with Gasteiger partial charge in [0.25, 0.3) is 0 Å². The van der Waals surface area contributed by atoms with Crippen LogP contribution in [0.1, 0.15) is 26.2 Å². The van der Waals surface area contributed by atoms with E-state index < -0.39 is 0 Å². The third-order valence-corrected chi connectivity index (χ3v) is 3.33. The molecule has 2 rings (SSSR count). The van der Waals surface area contributed by atoms with E-state index in [1.165, 1.54) is 32.4 Å². The van der Waals surface area contributed by atoms with Gasteiger partial charge in [0.15, 0.2) is 0 Å². The van der Waals surface area contributed by atoms with Crippen molar-refractivity contribution in [3.8, 4) is 0 Å². The summed E-state index contributed by atoms with van der Waals surface area (Å²) in [5.41, 5.74) is 0. The zero-order chi connectivity index (χ0) is 6.97. The molecule has 1 heteroatoms. The van der Waals surface area contributed by atoms with Crippen LogP contribution >= 0.6 is 0 Å². The minimum Gasteiger partial charge on any atom is -0.316 e. The predicted molar refractivity (Wildman–Crippen MR) is 42.9 cm³/mol. The highest BCUT2D eigenvalue weighted by Gasteiger charge is 2.35. The van der Waals surface area contributed by atoms with Gasteiger partial charge in [0, 0.05) is 0 Å². The van der Waals surface area contributed by atoms with Crippen LogP contribution in [-0.2, 0) is 0 Å². The SMILES string of the molecule is CCC1C[C@H]2CNC[C@H]2C1. The molecule has 1 saturated heterocycles. The highest BCUT2D eigenvalue weighted by atomic mass is 14.9. The summed E-state index contributed by atoms with van der Waals surface area (Å²) in [7, 11) is 0. The van der Waals surface area contributed by atoms with Crippen LogP contribution in [-0.4, -0.2) is 13.1 Å². The Labute approximate surface area is 63.2 Å². The molecule has 10 heavy (non-hydrogen) atoms. The van der Waals surface area contributed by atoms with Crippen molar-refractivity contribution < 1.29 is 0 Å². The van der Waals surface area contributed by atoms with Crippen LogP contribution in [0.2, 0.25) is 0 Å². The fourth-order valence-corrected chi connectivity index (χ4v) is 2.62. The number of fused-ring (bicyclic) bond motifs is 1. The fourth-order valence-electron chi connectivity index (χ4n) is 2.62. The second-order valence-electron chi connectivity index (χ2n) is 3.92. The molecule has 1 unspecified atom stereocenters. The van der Waals surface area contributed by atoms with Gasteiger partial charge in [-0.05, 0) is 43.7 Å². The molecule has 1 aliphatic carbocycles. The van der Waals surface area contributed by atoms with Gasteiger partial charge in [0.05, 0.1) is 0 Å². The molecule has 0 radical (unpaired) electrons. The summed E-state index contributed by atoms with van der Waals surface area (Å²) in [5.74, 6) is 3.16. The second-order valence-corrected chi connectivity index (χ2v) is 3.92. The van der Waals surface area contributed by atoms with E-state index in [2.05, 4.69) is 12.2 Å². The Balaban J connectivity index is 1.94. The molecule has 58 valence electrons.